The number of halogens is 6. The predicted octanol–water partition coefficient (Wildman–Crippen LogP) is 1.49. The average molecular weight is 464 g/mol. The molecule has 1 aromatic carbocycles. The number of aliphatic hydroxyl groups is 1. The second kappa shape index (κ2) is 7.42. The van der Waals surface area contributed by atoms with Crippen molar-refractivity contribution in [3.63, 3.8) is 0 Å². The average Bonchev–Trinajstić information content (AvgIpc) is 2.55. The predicted molar refractivity (Wildman–Crippen MR) is 77.2 cm³/mol. The molecule has 0 fully saturated rings. The van der Waals surface area contributed by atoms with Gasteiger partial charge in [-0.1, -0.05) is 0 Å². The summed E-state index contributed by atoms with van der Waals surface area (Å²) in [6.45, 7) is 0. The smallest absolute Gasteiger partial charge is 0.430 e. The van der Waals surface area contributed by atoms with Crippen LogP contribution in [-0.4, -0.2) is 72.8 Å². The van der Waals surface area contributed by atoms with Crippen LogP contribution in [0.1, 0.15) is 57.4 Å². The Hall–Kier alpha value is -3.89. The molecule has 0 unspecified atom stereocenters. The van der Waals surface area contributed by atoms with Crippen LogP contribution in [0, 0.1) is 0 Å². The van der Waals surface area contributed by atoms with Crippen LogP contribution < -0.4 is 0 Å². The Morgan fingerprint density at radius 3 is 0.839 bits per heavy atom. The van der Waals surface area contributed by atoms with E-state index >= 15 is 0 Å². The fourth-order valence-corrected chi connectivity index (χ4v) is 2.63. The van der Waals surface area contributed by atoms with Crippen molar-refractivity contribution >= 4 is 29.8 Å². The van der Waals surface area contributed by atoms with Gasteiger partial charge in [-0.25, -0.2) is 24.0 Å². The van der Waals surface area contributed by atoms with E-state index in [-0.39, 0.29) is 0 Å². The number of carbonyl (C=O) groups is 5. The third kappa shape index (κ3) is 3.69. The highest BCUT2D eigenvalue weighted by molar-refractivity contribution is 6.19. The van der Waals surface area contributed by atoms with Gasteiger partial charge in [-0.05, 0) is 0 Å². The van der Waals surface area contributed by atoms with Gasteiger partial charge in [-0.3, -0.25) is 0 Å². The molecule has 0 aliphatic heterocycles. The van der Waals surface area contributed by atoms with Gasteiger partial charge in [0, 0.05) is 5.56 Å². The van der Waals surface area contributed by atoms with Crippen LogP contribution in [-0.2, 0) is 5.60 Å². The molecule has 0 spiro atoms. The Morgan fingerprint density at radius 1 is 0.484 bits per heavy atom. The van der Waals surface area contributed by atoms with E-state index in [0.29, 0.717) is 0 Å². The minimum absolute atomic E-state index is 2.25. The maximum absolute atomic E-state index is 13.3. The van der Waals surface area contributed by atoms with Crippen LogP contribution in [0.3, 0.4) is 0 Å². The van der Waals surface area contributed by atoms with Crippen molar-refractivity contribution in [2.24, 2.45) is 0 Å². The van der Waals surface area contributed by atoms with Crippen molar-refractivity contribution in [3.8, 4) is 0 Å². The molecule has 0 saturated carbocycles. The number of carboxylic acids is 5. The first kappa shape index (κ1) is 25.1. The lowest BCUT2D eigenvalue weighted by molar-refractivity contribution is -0.376. The second-order valence-corrected chi connectivity index (χ2v) is 5.48. The molecule has 0 amide bonds. The summed E-state index contributed by atoms with van der Waals surface area (Å²) in [6.07, 6.45) is -14.0. The van der Waals surface area contributed by atoms with Gasteiger partial charge < -0.3 is 30.6 Å². The minimum Gasteiger partial charge on any atom is -0.478 e. The van der Waals surface area contributed by atoms with Crippen LogP contribution in [0.25, 0.3) is 0 Å². The van der Waals surface area contributed by atoms with E-state index in [1.165, 1.54) is 0 Å². The highest BCUT2D eigenvalue weighted by atomic mass is 19.4. The molecule has 170 valence electrons. The Bertz CT molecular complexity index is 954. The quantitative estimate of drug-likeness (QED) is 0.333. The number of hydrogen-bond acceptors (Lipinski definition) is 6. The number of carboxylic acid groups (broad SMARTS) is 5. The molecule has 0 aliphatic carbocycles. The minimum atomic E-state index is -6.99. The lowest BCUT2D eigenvalue weighted by atomic mass is 9.77. The Morgan fingerprint density at radius 2 is 0.677 bits per heavy atom. The van der Waals surface area contributed by atoms with Gasteiger partial charge in [0.1, 0.15) is 0 Å². The van der Waals surface area contributed by atoms with Crippen LogP contribution >= 0.6 is 0 Å². The topological polar surface area (TPSA) is 207 Å². The summed E-state index contributed by atoms with van der Waals surface area (Å²) < 4.78 is 80.0. The summed E-state index contributed by atoms with van der Waals surface area (Å²) in [5.41, 5.74) is -22.3. The summed E-state index contributed by atoms with van der Waals surface area (Å²) in [6, 6.07) is 0. The fraction of sp³-hybridized carbons (Fsp3) is 0.214. The number of alkyl halides is 6. The molecule has 0 aliphatic rings. The monoisotopic (exact) mass is 464 g/mol. The summed E-state index contributed by atoms with van der Waals surface area (Å²) in [5.74, 6) is -14.5. The Kier molecular flexibility index (Phi) is 6.02. The normalized spacial score (nSPS) is 12.4. The highest BCUT2D eigenvalue weighted by Gasteiger charge is 2.74. The lowest BCUT2D eigenvalue weighted by Gasteiger charge is -2.35. The van der Waals surface area contributed by atoms with Gasteiger partial charge in [-0.2, -0.15) is 26.3 Å². The SMILES string of the molecule is O=C(O)c1c(C(=O)O)c(C(=O)O)c(C(O)(C(F)(F)F)C(F)(F)F)c(C(=O)O)c1C(=O)O. The van der Waals surface area contributed by atoms with Gasteiger partial charge in [0.15, 0.2) is 0 Å². The van der Waals surface area contributed by atoms with E-state index in [1.54, 1.807) is 0 Å². The summed E-state index contributed by atoms with van der Waals surface area (Å²) in [5, 5.41) is 54.9. The van der Waals surface area contributed by atoms with Crippen molar-refractivity contribution in [1.82, 2.24) is 0 Å². The molecule has 6 N–H and O–H groups in total. The van der Waals surface area contributed by atoms with Gasteiger partial charge in [0.25, 0.3) is 5.60 Å². The van der Waals surface area contributed by atoms with Crippen molar-refractivity contribution in [1.29, 1.82) is 0 Å². The van der Waals surface area contributed by atoms with Gasteiger partial charge in [-0.15, -0.1) is 0 Å². The summed E-state index contributed by atoms with van der Waals surface area (Å²) >= 11 is 0. The third-order valence-corrected chi connectivity index (χ3v) is 3.75. The van der Waals surface area contributed by atoms with E-state index in [0.717, 1.165) is 0 Å². The van der Waals surface area contributed by atoms with Crippen LogP contribution in [0.4, 0.5) is 26.3 Å². The molecule has 31 heavy (non-hydrogen) atoms. The molecule has 0 heterocycles. The molecule has 11 nitrogen and oxygen atoms in total. The van der Waals surface area contributed by atoms with E-state index in [4.69, 9.17) is 25.5 Å². The molecule has 0 atom stereocenters. The summed E-state index contributed by atoms with van der Waals surface area (Å²) in [4.78, 5) is 57.0. The third-order valence-electron chi connectivity index (χ3n) is 3.75. The van der Waals surface area contributed by atoms with E-state index in [2.05, 4.69) is 0 Å². The van der Waals surface area contributed by atoms with Gasteiger partial charge >= 0.3 is 42.2 Å². The Balaban J connectivity index is 4.86. The van der Waals surface area contributed by atoms with Crippen molar-refractivity contribution in [3.05, 3.63) is 33.4 Å². The maximum atomic E-state index is 13.3. The zero-order valence-corrected chi connectivity index (χ0v) is 14.0. The summed E-state index contributed by atoms with van der Waals surface area (Å²) in [7, 11) is 0. The molecule has 0 radical (unpaired) electrons. The molecule has 1 rings (SSSR count). The molecule has 1 aromatic rings. The lowest BCUT2D eigenvalue weighted by Crippen LogP contribution is -2.56. The number of aromatic carboxylic acids is 5. The first-order valence-electron chi connectivity index (χ1n) is 7.00. The van der Waals surface area contributed by atoms with Crippen molar-refractivity contribution in [2.45, 2.75) is 18.0 Å². The van der Waals surface area contributed by atoms with Crippen LogP contribution in [0.15, 0.2) is 0 Å². The van der Waals surface area contributed by atoms with E-state index in [1.807, 2.05) is 0 Å². The number of benzene rings is 1. The molecule has 0 aromatic heterocycles. The largest absolute Gasteiger partial charge is 0.478 e. The Labute approximate surface area is 163 Å². The molecule has 0 saturated heterocycles. The van der Waals surface area contributed by atoms with Crippen LogP contribution in [0.5, 0.6) is 0 Å². The van der Waals surface area contributed by atoms with Crippen LogP contribution in [0.2, 0.25) is 0 Å². The van der Waals surface area contributed by atoms with Crippen molar-refractivity contribution in [2.75, 3.05) is 0 Å². The molecule has 0 bridgehead atoms. The van der Waals surface area contributed by atoms with Crippen molar-refractivity contribution < 1.29 is 81.0 Å². The molecule has 17 heteroatoms. The highest BCUT2D eigenvalue weighted by Crippen LogP contribution is 2.53. The number of rotatable bonds is 6. The van der Waals surface area contributed by atoms with E-state index in [9.17, 15) is 55.4 Å². The second-order valence-electron chi connectivity index (χ2n) is 5.48. The fourth-order valence-electron chi connectivity index (χ4n) is 2.63. The number of hydrogen-bond donors (Lipinski definition) is 6. The van der Waals surface area contributed by atoms with Gasteiger partial charge in [0.05, 0.1) is 27.8 Å². The molecular formula is C14H6F6O11. The first-order chi connectivity index (χ1) is 13.7. The van der Waals surface area contributed by atoms with Gasteiger partial charge in [0.2, 0.25) is 0 Å². The maximum Gasteiger partial charge on any atom is 0.430 e. The first-order valence-corrected chi connectivity index (χ1v) is 7.00. The molecular weight excluding hydrogens is 458 g/mol. The zero-order chi connectivity index (χ0) is 24.9. The standard InChI is InChI=1S/C14H6F6O11/c15-13(16,17)12(31,14(18,19)20)6-4(10(27)28)2(8(23)24)1(7(21)22)3(9(25)26)5(6)11(29)30/h31H,(H,21,22)(H,23,24)(H,25,26)(H,27,28)(H,29,30). The van der Waals surface area contributed by atoms with E-state index < -0.39 is 81.2 Å². The zero-order valence-electron chi connectivity index (χ0n) is 14.0.